The second kappa shape index (κ2) is 19.5. The Bertz CT molecular complexity index is 3790. The molecule has 0 saturated heterocycles. The molecule has 1 fully saturated rings. The van der Waals surface area contributed by atoms with Gasteiger partial charge in [0.25, 0.3) is 0 Å². The van der Waals surface area contributed by atoms with Gasteiger partial charge in [0.1, 0.15) is 11.4 Å². The minimum Gasteiger partial charge on any atom is -0.501 e. The summed E-state index contributed by atoms with van der Waals surface area (Å²) in [5.41, 5.74) is -0.780. The smallest absolute Gasteiger partial charge is 0.501 e. The van der Waals surface area contributed by atoms with E-state index < -0.39 is 59.8 Å². The average molecular weight is 1050 g/mol. The van der Waals surface area contributed by atoms with Crippen LogP contribution in [-0.4, -0.2) is 15.0 Å². The van der Waals surface area contributed by atoms with Crippen LogP contribution in [0.15, 0.2) is 144 Å². The Hall–Kier alpha value is -6.58. The van der Waals surface area contributed by atoms with E-state index in [1.54, 1.807) is 48.5 Å². The number of aryl methyl sites for hydroxylation is 4. The molecule has 0 atom stereocenters. The Morgan fingerprint density at radius 3 is 2.14 bits per heavy atom. The van der Waals surface area contributed by atoms with Crippen molar-refractivity contribution < 1.29 is 45.4 Å². The second-order valence-electron chi connectivity index (χ2n) is 16.6. The van der Waals surface area contributed by atoms with E-state index >= 15 is 4.39 Å². The van der Waals surface area contributed by atoms with Gasteiger partial charge in [0.2, 0.25) is 0 Å². The molecular formula is C59H48FIrN4O. The molecule has 0 N–H and O–H groups in total. The first-order chi connectivity index (χ1) is 36.4. The standard InChI is InChI=1S/C59H48FN4O.Ir/c1-59(2,52-38-64-56(33-53(52)60)50-19-11-18-49-48-26-23-42(35-61)31-57(48)65-58(49)50)34-43-29-40(21-20-39-24-27-54(62-36-39)45-14-5-3-6-15-45)28-41(30-43)22-25-47-37-63-55(46-16-7-4-8-17-46)32-51(47)44-12-9-10-13-44;/h3-8,11,14,16,18,23-24,26-33,36-38,44H,9-10,12-13,20-22,25,34H2,1-2H3;/q-3;+3/i20D2,21D2,22D2,23D,25D2,31D,34D2;. The number of hydrogen-bond donors (Lipinski definition) is 0. The third-order valence-electron chi connectivity index (χ3n) is 11.7. The van der Waals surface area contributed by atoms with E-state index in [0.29, 0.717) is 38.9 Å². The molecule has 4 heterocycles. The molecule has 326 valence electrons. The van der Waals surface area contributed by atoms with Crippen molar-refractivity contribution in [2.24, 2.45) is 0 Å². The Labute approximate surface area is 417 Å². The predicted molar refractivity (Wildman–Crippen MR) is 257 cm³/mol. The van der Waals surface area contributed by atoms with Crippen molar-refractivity contribution in [3.8, 4) is 39.8 Å². The predicted octanol–water partition coefficient (Wildman–Crippen LogP) is 13.9. The van der Waals surface area contributed by atoms with Gasteiger partial charge >= 0.3 is 20.1 Å². The van der Waals surface area contributed by atoms with Gasteiger partial charge < -0.3 is 19.4 Å². The number of hydrogen-bond acceptors (Lipinski definition) is 5. The maximum atomic E-state index is 17.0. The van der Waals surface area contributed by atoms with Crippen molar-refractivity contribution in [1.29, 1.82) is 5.26 Å². The molecule has 0 aliphatic heterocycles. The third kappa shape index (κ3) is 9.54. The van der Waals surface area contributed by atoms with Crippen LogP contribution in [-0.2, 0) is 57.4 Å². The van der Waals surface area contributed by atoms with Gasteiger partial charge in [0, 0.05) is 43.2 Å². The van der Waals surface area contributed by atoms with Crippen LogP contribution in [0, 0.1) is 35.3 Å². The topological polar surface area (TPSA) is 75.6 Å². The molecule has 5 nitrogen and oxygen atoms in total. The summed E-state index contributed by atoms with van der Waals surface area (Å²) in [6, 6.07) is 38.4. The number of furan rings is 1. The molecule has 0 radical (unpaired) electrons. The molecule has 1 aliphatic rings. The van der Waals surface area contributed by atoms with Crippen LogP contribution in [0.4, 0.5) is 4.39 Å². The number of halogens is 1. The van der Waals surface area contributed by atoms with Gasteiger partial charge in [0.05, 0.1) is 20.0 Å². The zero-order chi connectivity index (χ0) is 55.0. The Kier molecular flexibility index (Phi) is 9.49. The molecule has 0 spiro atoms. The Morgan fingerprint density at radius 2 is 1.44 bits per heavy atom. The van der Waals surface area contributed by atoms with Crippen molar-refractivity contribution >= 4 is 21.9 Å². The molecular weight excluding hydrogens is 992 g/mol. The molecule has 0 bridgehead atoms. The normalized spacial score (nSPS) is 16.7. The minimum atomic E-state index is -3.08. The summed E-state index contributed by atoms with van der Waals surface area (Å²) in [6.45, 7) is 2.80. The van der Waals surface area contributed by atoms with Crippen molar-refractivity contribution in [3.05, 3.63) is 208 Å². The summed E-state index contributed by atoms with van der Waals surface area (Å²) in [4.78, 5) is 13.6. The van der Waals surface area contributed by atoms with Gasteiger partial charge in [-0.1, -0.05) is 80.1 Å². The van der Waals surface area contributed by atoms with Crippen LogP contribution in [0.1, 0.15) is 106 Å². The Morgan fingerprint density at radius 1 is 0.742 bits per heavy atom. The quantitative estimate of drug-likeness (QED) is 0.108. The largest absolute Gasteiger partial charge is 3.00 e. The van der Waals surface area contributed by atoms with Gasteiger partial charge in [-0.25, -0.2) is 4.39 Å². The summed E-state index contributed by atoms with van der Waals surface area (Å²) in [5, 5.41) is 10.4. The fourth-order valence-corrected chi connectivity index (χ4v) is 8.48. The molecule has 66 heavy (non-hydrogen) atoms. The van der Waals surface area contributed by atoms with E-state index in [1.165, 1.54) is 44.4 Å². The summed E-state index contributed by atoms with van der Waals surface area (Å²) in [6.07, 6.45) is -7.85. The molecule has 7 heteroatoms. The maximum absolute atomic E-state index is 17.0. The van der Waals surface area contributed by atoms with Crippen LogP contribution in [0.25, 0.3) is 55.7 Å². The number of aromatic nitrogens is 3. The summed E-state index contributed by atoms with van der Waals surface area (Å²) in [5.74, 6) is -1.06. The van der Waals surface area contributed by atoms with E-state index in [0.717, 1.165) is 56.1 Å². The number of nitrogens with zero attached hydrogens (tertiary/aromatic N) is 4. The monoisotopic (exact) mass is 1050 g/mol. The van der Waals surface area contributed by atoms with E-state index in [-0.39, 0.29) is 82.8 Å². The third-order valence-corrected chi connectivity index (χ3v) is 11.7. The van der Waals surface area contributed by atoms with Gasteiger partial charge in [-0.15, -0.1) is 90.0 Å². The van der Waals surface area contributed by atoms with Gasteiger partial charge in [-0.3, -0.25) is 0 Å². The van der Waals surface area contributed by atoms with Crippen LogP contribution >= 0.6 is 0 Å². The summed E-state index contributed by atoms with van der Waals surface area (Å²) < 4.78 is 137. The summed E-state index contributed by atoms with van der Waals surface area (Å²) >= 11 is 0. The molecule has 1 aliphatic carbocycles. The van der Waals surface area contributed by atoms with E-state index in [1.807, 2.05) is 24.3 Å². The number of benzene rings is 5. The second-order valence-corrected chi connectivity index (χ2v) is 16.6. The van der Waals surface area contributed by atoms with E-state index in [4.69, 9.17) is 7.16 Å². The molecule has 9 aromatic rings. The molecule has 0 unspecified atom stereocenters. The van der Waals surface area contributed by atoms with Gasteiger partial charge in [-0.05, 0) is 125 Å². The Balaban J connectivity index is 0.00000740. The fraction of sp³-hybridized carbons (Fsp3) is 0.220. The molecule has 1 saturated carbocycles. The first-order valence-corrected chi connectivity index (χ1v) is 21.4. The average Bonchev–Trinajstić information content (AvgIpc) is 4.14. The zero-order valence-electron chi connectivity index (χ0n) is 47.9. The van der Waals surface area contributed by atoms with Gasteiger partial charge in [-0.2, -0.15) is 5.26 Å². The molecule has 5 aromatic carbocycles. The van der Waals surface area contributed by atoms with E-state index in [9.17, 15) is 19.0 Å². The van der Waals surface area contributed by atoms with Gasteiger partial charge in [0.15, 0.2) is 0 Å². The van der Waals surface area contributed by atoms with Crippen LogP contribution < -0.4 is 0 Å². The van der Waals surface area contributed by atoms with Crippen molar-refractivity contribution in [2.75, 3.05) is 0 Å². The number of pyridine rings is 3. The number of fused-ring (bicyclic) bond motifs is 3. The maximum Gasteiger partial charge on any atom is 3.00 e. The number of rotatable bonds is 13. The minimum absolute atomic E-state index is 0. The molecule has 4 aromatic heterocycles. The number of nitriles is 1. The van der Waals surface area contributed by atoms with Crippen molar-refractivity contribution in [1.82, 2.24) is 15.0 Å². The molecule has 0 amide bonds. The SMILES string of the molecule is [2H]c1cc2c(oc3c(-c4cc(F)c(C(C)(C)C([2H])([2H])c5cc(C([2H])([2H])C([2H])([2H])c6ccc(-c7[c-]cccc7)nc6)cc(C([2H])([2H])C([2H])([2H])c6cnc(-c7[c-]cccc7)cc6C6CCCC6)c5)cn4)[c-]ccc32)c([2H])c1C#N.[Ir+3]. The summed E-state index contributed by atoms with van der Waals surface area (Å²) in [7, 11) is 0. The first-order valence-electron chi connectivity index (χ1n) is 27.4. The van der Waals surface area contributed by atoms with Crippen molar-refractivity contribution in [2.45, 2.75) is 82.7 Å². The van der Waals surface area contributed by atoms with Crippen LogP contribution in [0.5, 0.6) is 0 Å². The van der Waals surface area contributed by atoms with E-state index in [2.05, 4.69) is 33.2 Å². The molecule has 10 rings (SSSR count). The van der Waals surface area contributed by atoms with Crippen LogP contribution in [0.3, 0.4) is 0 Å². The zero-order valence-corrected chi connectivity index (χ0v) is 38.3. The van der Waals surface area contributed by atoms with Crippen molar-refractivity contribution in [3.63, 3.8) is 0 Å². The van der Waals surface area contributed by atoms with Crippen LogP contribution in [0.2, 0.25) is 0 Å². The first kappa shape index (κ1) is 32.2. The fourth-order valence-electron chi connectivity index (χ4n) is 8.48.